The number of hydrogen-bond donors (Lipinski definition) is 2. The molecule has 2 amide bonds. The lowest BCUT2D eigenvalue weighted by atomic mass is 9.98. The number of benzene rings is 3. The van der Waals surface area contributed by atoms with E-state index in [1.807, 2.05) is 107 Å². The molecule has 0 bridgehead atoms. The van der Waals surface area contributed by atoms with E-state index in [0.717, 1.165) is 16.7 Å². The van der Waals surface area contributed by atoms with E-state index in [1.54, 1.807) is 17.0 Å². The van der Waals surface area contributed by atoms with Crippen LogP contribution in [0, 0.1) is 11.8 Å². The third kappa shape index (κ3) is 17.7. The number of nitrogens with one attached hydrogen (secondary N) is 1. The molecule has 5 atom stereocenters. The SMILES string of the molecule is C=C(CO)[C@@H]1COC[C@@H]1OC(=O)N[C@@H](CCc1ccc(OCP(=O)(OCc2ccccc2)O[C@@H](C)C(=O)OCc2ccccc2)cc1)CCN(CC(C)C)C(=O)OC(C)(C)C. The summed E-state index contributed by atoms with van der Waals surface area (Å²) < 4.78 is 53.9. The van der Waals surface area contributed by atoms with Gasteiger partial charge in [0.25, 0.3) is 0 Å². The number of amides is 2. The highest BCUT2D eigenvalue weighted by atomic mass is 31.2. The monoisotopic (exact) mass is 866 g/mol. The first-order valence-corrected chi connectivity index (χ1v) is 22.4. The second-order valence-electron chi connectivity index (χ2n) is 16.5. The molecule has 0 radical (unpaired) electrons. The summed E-state index contributed by atoms with van der Waals surface area (Å²) >= 11 is 0. The average Bonchev–Trinajstić information content (AvgIpc) is 3.69. The number of carbonyl (C=O) groups is 3. The van der Waals surface area contributed by atoms with E-state index in [9.17, 15) is 24.1 Å². The molecule has 61 heavy (non-hydrogen) atoms. The van der Waals surface area contributed by atoms with Crippen molar-refractivity contribution in [3.63, 3.8) is 0 Å². The van der Waals surface area contributed by atoms with Crippen LogP contribution in [0.5, 0.6) is 5.75 Å². The van der Waals surface area contributed by atoms with Gasteiger partial charge >= 0.3 is 25.8 Å². The number of alkyl carbamates (subject to hydrolysis) is 1. The minimum Gasteiger partial charge on any atom is -0.481 e. The van der Waals surface area contributed by atoms with Crippen LogP contribution in [0.25, 0.3) is 0 Å². The first-order chi connectivity index (χ1) is 29.0. The Hall–Kier alpha value is -4.72. The zero-order chi connectivity index (χ0) is 44.4. The molecule has 1 fully saturated rings. The van der Waals surface area contributed by atoms with Crippen LogP contribution in [0.15, 0.2) is 97.1 Å². The van der Waals surface area contributed by atoms with Crippen molar-refractivity contribution in [2.24, 2.45) is 11.8 Å². The lowest BCUT2D eigenvalue weighted by Gasteiger charge is -2.30. The number of aliphatic hydroxyl groups is 1. The Morgan fingerprint density at radius 1 is 0.902 bits per heavy atom. The molecule has 1 aliphatic heterocycles. The third-order valence-electron chi connectivity index (χ3n) is 9.56. The summed E-state index contributed by atoms with van der Waals surface area (Å²) in [5.74, 6) is -0.429. The molecule has 3 aromatic carbocycles. The molecule has 14 nitrogen and oxygen atoms in total. The Balaban J connectivity index is 1.41. The van der Waals surface area contributed by atoms with E-state index < -0.39 is 56.0 Å². The first-order valence-electron chi connectivity index (χ1n) is 20.7. The molecule has 1 aliphatic rings. The molecule has 334 valence electrons. The molecule has 15 heteroatoms. The lowest BCUT2D eigenvalue weighted by Crippen LogP contribution is -2.44. The smallest absolute Gasteiger partial charge is 0.410 e. The second kappa shape index (κ2) is 24.1. The van der Waals surface area contributed by atoms with Gasteiger partial charge in [-0.2, -0.15) is 0 Å². The molecule has 0 aliphatic carbocycles. The number of aryl methyl sites for hydroxylation is 1. The van der Waals surface area contributed by atoms with Crippen LogP contribution in [0.4, 0.5) is 9.59 Å². The number of hydrogen-bond acceptors (Lipinski definition) is 12. The fraction of sp³-hybridized carbons (Fsp3) is 0.500. The number of rotatable bonds is 23. The van der Waals surface area contributed by atoms with Crippen molar-refractivity contribution in [1.29, 1.82) is 0 Å². The summed E-state index contributed by atoms with van der Waals surface area (Å²) in [4.78, 5) is 40.9. The molecule has 1 unspecified atom stereocenters. The molecule has 0 spiro atoms. The second-order valence-corrected chi connectivity index (χ2v) is 18.5. The number of carbonyl (C=O) groups excluding carboxylic acids is 3. The predicted octanol–water partition coefficient (Wildman–Crippen LogP) is 8.46. The number of ether oxygens (including phenoxy) is 5. The summed E-state index contributed by atoms with van der Waals surface area (Å²) in [6.07, 6.45) is -1.85. The molecule has 4 rings (SSSR count). The van der Waals surface area contributed by atoms with Gasteiger partial charge in [0.1, 0.15) is 24.1 Å². The maximum Gasteiger partial charge on any atom is 0.410 e. The first kappa shape index (κ1) is 48.9. The third-order valence-corrected chi connectivity index (χ3v) is 11.2. The number of aliphatic hydroxyl groups excluding tert-OH is 1. The van der Waals surface area contributed by atoms with Gasteiger partial charge in [-0.3, -0.25) is 9.09 Å². The van der Waals surface area contributed by atoms with Crippen LogP contribution in [0.3, 0.4) is 0 Å². The van der Waals surface area contributed by atoms with E-state index >= 15 is 0 Å². The standard InChI is InChI=1S/C46H63N2O12P/c1-33(2)26-48(45(52)59-46(5,6)7)25-24-39(47-44(51)58-42-31-54-30-41(42)34(3)27-49)21-18-36-19-22-40(23-20-36)56-32-61(53,57-29-38-16-12-9-13-17-38)60-35(4)43(50)55-28-37-14-10-8-11-15-37/h8-17,19-20,22-23,33,35,39,41-42,49H,3,18,21,24-32H2,1-2,4-7H3,(H,47,51)/t35-,39-,41-,42-,61?/m0/s1. The maximum absolute atomic E-state index is 14.1. The summed E-state index contributed by atoms with van der Waals surface area (Å²) in [5, 5.41) is 12.6. The fourth-order valence-electron chi connectivity index (χ4n) is 6.33. The highest BCUT2D eigenvalue weighted by Gasteiger charge is 2.35. The van der Waals surface area contributed by atoms with Crippen LogP contribution >= 0.6 is 7.60 Å². The van der Waals surface area contributed by atoms with Crippen LogP contribution in [-0.2, 0) is 57.0 Å². The van der Waals surface area contributed by atoms with Gasteiger partial charge in [0.15, 0.2) is 12.5 Å². The van der Waals surface area contributed by atoms with Gasteiger partial charge in [-0.1, -0.05) is 93.2 Å². The minimum absolute atomic E-state index is 0.0328. The number of nitrogens with zero attached hydrogens (tertiary/aromatic N) is 1. The summed E-state index contributed by atoms with van der Waals surface area (Å²) in [6.45, 7) is 15.9. The summed E-state index contributed by atoms with van der Waals surface area (Å²) in [7, 11) is -4.01. The molecule has 0 aromatic heterocycles. The van der Waals surface area contributed by atoms with Crippen LogP contribution in [-0.4, -0.2) is 91.3 Å². The van der Waals surface area contributed by atoms with Crippen molar-refractivity contribution in [2.75, 3.05) is 39.3 Å². The molecule has 3 aromatic rings. The average molecular weight is 867 g/mol. The highest BCUT2D eigenvalue weighted by molar-refractivity contribution is 7.53. The lowest BCUT2D eigenvalue weighted by molar-refractivity contribution is -0.153. The topological polar surface area (TPSA) is 168 Å². The molecule has 1 saturated heterocycles. The zero-order valence-electron chi connectivity index (χ0n) is 36.3. The van der Waals surface area contributed by atoms with E-state index in [0.29, 0.717) is 50.3 Å². The van der Waals surface area contributed by atoms with Gasteiger partial charge in [-0.05, 0) is 87.3 Å². The van der Waals surface area contributed by atoms with Gasteiger partial charge in [-0.15, -0.1) is 0 Å². The van der Waals surface area contributed by atoms with E-state index in [-0.39, 0.29) is 38.3 Å². The molecular weight excluding hydrogens is 803 g/mol. The maximum atomic E-state index is 14.1. The Kier molecular flexibility index (Phi) is 19.3. The highest BCUT2D eigenvalue weighted by Crippen LogP contribution is 2.50. The van der Waals surface area contributed by atoms with Gasteiger partial charge in [0.2, 0.25) is 0 Å². The fourth-order valence-corrected chi connectivity index (χ4v) is 7.75. The van der Waals surface area contributed by atoms with Gasteiger partial charge < -0.3 is 43.5 Å². The van der Waals surface area contributed by atoms with Crippen molar-refractivity contribution in [1.82, 2.24) is 10.2 Å². The van der Waals surface area contributed by atoms with Crippen molar-refractivity contribution in [2.45, 2.75) is 97.9 Å². The van der Waals surface area contributed by atoms with E-state index in [4.69, 9.17) is 32.7 Å². The van der Waals surface area contributed by atoms with E-state index in [1.165, 1.54) is 6.92 Å². The van der Waals surface area contributed by atoms with Crippen LogP contribution in [0.2, 0.25) is 0 Å². The minimum atomic E-state index is -4.01. The van der Waals surface area contributed by atoms with Crippen LogP contribution in [0.1, 0.15) is 71.1 Å². The largest absolute Gasteiger partial charge is 0.481 e. The van der Waals surface area contributed by atoms with Crippen molar-refractivity contribution >= 4 is 25.8 Å². The Morgan fingerprint density at radius 2 is 1.54 bits per heavy atom. The summed E-state index contributed by atoms with van der Waals surface area (Å²) in [6, 6.07) is 25.1. The predicted molar refractivity (Wildman–Crippen MR) is 231 cm³/mol. The normalized spacial score (nSPS) is 17.1. The Morgan fingerprint density at radius 3 is 2.15 bits per heavy atom. The van der Waals surface area contributed by atoms with Crippen molar-refractivity contribution in [3.05, 3.63) is 114 Å². The molecule has 0 saturated carbocycles. The number of esters is 1. The molecule has 2 N–H and O–H groups in total. The van der Waals surface area contributed by atoms with Gasteiger partial charge in [-0.25, -0.2) is 14.4 Å². The van der Waals surface area contributed by atoms with Crippen molar-refractivity contribution < 1.29 is 56.8 Å². The van der Waals surface area contributed by atoms with E-state index in [2.05, 4.69) is 11.9 Å². The van der Waals surface area contributed by atoms with Gasteiger partial charge in [0.05, 0.1) is 26.4 Å². The van der Waals surface area contributed by atoms with Crippen LogP contribution < -0.4 is 10.1 Å². The quantitative estimate of drug-likeness (QED) is 0.0405. The van der Waals surface area contributed by atoms with Crippen molar-refractivity contribution in [3.8, 4) is 5.75 Å². The van der Waals surface area contributed by atoms with Gasteiger partial charge in [0, 0.05) is 25.0 Å². The Labute approximate surface area is 360 Å². The Bertz CT molecular complexity index is 1870. The zero-order valence-corrected chi connectivity index (χ0v) is 37.2. The molecular formula is C46H63N2O12P. The molecule has 1 heterocycles. The summed E-state index contributed by atoms with van der Waals surface area (Å²) in [5.41, 5.74) is 2.35.